The summed E-state index contributed by atoms with van der Waals surface area (Å²) in [5.74, 6) is 1.23. The molecule has 1 heterocycles. The van der Waals surface area contributed by atoms with E-state index in [0.717, 1.165) is 6.61 Å². The molecule has 0 amide bonds. The Morgan fingerprint density at radius 2 is 2.00 bits per heavy atom. The molecule has 1 saturated carbocycles. The third kappa shape index (κ3) is 3.74. The fraction of sp³-hybridized carbons (Fsp3) is 0.571. The maximum atomic E-state index is 8.75. The van der Waals surface area contributed by atoms with Gasteiger partial charge in [0, 0.05) is 6.07 Å². The molecule has 0 radical (unpaired) electrons. The molecular weight excluding hydrogens is 212 g/mol. The third-order valence-electron chi connectivity index (χ3n) is 3.28. The third-order valence-corrected chi connectivity index (χ3v) is 3.28. The van der Waals surface area contributed by atoms with Gasteiger partial charge in [0.05, 0.1) is 6.61 Å². The second-order valence-corrected chi connectivity index (χ2v) is 4.64. The van der Waals surface area contributed by atoms with Gasteiger partial charge < -0.3 is 4.74 Å². The van der Waals surface area contributed by atoms with Gasteiger partial charge >= 0.3 is 0 Å². The normalized spacial score (nSPS) is 17.1. The molecule has 1 aliphatic carbocycles. The summed E-state index contributed by atoms with van der Waals surface area (Å²) in [4.78, 5) is 4.12. The molecule has 0 unspecified atom stereocenters. The number of aromatic nitrogens is 1. The molecule has 0 saturated heterocycles. The summed E-state index contributed by atoms with van der Waals surface area (Å²) in [6.07, 6.45) is 7.88. The maximum Gasteiger partial charge on any atom is 0.214 e. The summed E-state index contributed by atoms with van der Waals surface area (Å²) >= 11 is 0. The molecule has 1 aromatic rings. The van der Waals surface area contributed by atoms with Crippen LogP contribution in [0.4, 0.5) is 0 Å². The van der Waals surface area contributed by atoms with Gasteiger partial charge in [-0.2, -0.15) is 5.26 Å². The standard InChI is InChI=1S/C14H18N2O/c15-10-13-8-5-9-14(16-13)17-11-12-6-3-1-2-4-7-12/h5,8-9,12H,1-4,6-7,11H2. The lowest BCUT2D eigenvalue weighted by molar-refractivity contribution is 0.226. The Labute approximate surface area is 102 Å². The van der Waals surface area contributed by atoms with E-state index >= 15 is 0 Å². The second-order valence-electron chi connectivity index (χ2n) is 4.64. The monoisotopic (exact) mass is 230 g/mol. The van der Waals surface area contributed by atoms with Gasteiger partial charge in [-0.1, -0.05) is 31.7 Å². The zero-order chi connectivity index (χ0) is 11.9. The summed E-state index contributed by atoms with van der Waals surface area (Å²) in [5, 5.41) is 8.75. The van der Waals surface area contributed by atoms with Crippen molar-refractivity contribution in [3.63, 3.8) is 0 Å². The van der Waals surface area contributed by atoms with Crippen LogP contribution < -0.4 is 4.74 Å². The molecule has 17 heavy (non-hydrogen) atoms. The van der Waals surface area contributed by atoms with Gasteiger partial charge in [-0.15, -0.1) is 0 Å². The SMILES string of the molecule is N#Cc1cccc(OCC2CCCCCC2)n1. The number of ether oxygens (including phenoxy) is 1. The molecule has 0 N–H and O–H groups in total. The van der Waals surface area contributed by atoms with E-state index in [1.807, 2.05) is 18.2 Å². The van der Waals surface area contributed by atoms with E-state index in [1.165, 1.54) is 38.5 Å². The van der Waals surface area contributed by atoms with Gasteiger partial charge in [0.25, 0.3) is 0 Å². The fourth-order valence-corrected chi connectivity index (χ4v) is 2.29. The first-order valence-corrected chi connectivity index (χ1v) is 6.38. The summed E-state index contributed by atoms with van der Waals surface area (Å²) in [7, 11) is 0. The molecule has 2 rings (SSSR count). The highest BCUT2D eigenvalue weighted by atomic mass is 16.5. The Bertz CT molecular complexity index is 389. The summed E-state index contributed by atoms with van der Waals surface area (Å²) < 4.78 is 5.68. The largest absolute Gasteiger partial charge is 0.477 e. The molecule has 1 aliphatic rings. The highest BCUT2D eigenvalue weighted by Gasteiger charge is 2.13. The van der Waals surface area contributed by atoms with Crippen LogP contribution in [0.15, 0.2) is 18.2 Å². The highest BCUT2D eigenvalue weighted by Crippen LogP contribution is 2.23. The number of hydrogen-bond acceptors (Lipinski definition) is 3. The van der Waals surface area contributed by atoms with Crippen LogP contribution in [0.5, 0.6) is 5.88 Å². The predicted molar refractivity (Wildman–Crippen MR) is 65.6 cm³/mol. The van der Waals surface area contributed by atoms with E-state index in [-0.39, 0.29) is 0 Å². The van der Waals surface area contributed by atoms with E-state index in [2.05, 4.69) is 4.98 Å². The van der Waals surface area contributed by atoms with Crippen LogP contribution in [0.1, 0.15) is 44.2 Å². The molecule has 3 heteroatoms. The molecule has 0 aliphatic heterocycles. The Kier molecular flexibility index (Phi) is 4.37. The van der Waals surface area contributed by atoms with E-state index < -0.39 is 0 Å². The Morgan fingerprint density at radius 1 is 1.24 bits per heavy atom. The van der Waals surface area contributed by atoms with Crippen molar-refractivity contribution < 1.29 is 4.74 Å². The smallest absolute Gasteiger partial charge is 0.214 e. The van der Waals surface area contributed by atoms with Crippen molar-refractivity contribution in [3.8, 4) is 11.9 Å². The summed E-state index contributed by atoms with van der Waals surface area (Å²) in [6.45, 7) is 0.738. The van der Waals surface area contributed by atoms with Crippen molar-refractivity contribution >= 4 is 0 Å². The average Bonchev–Trinajstić information content (AvgIpc) is 2.65. The minimum atomic E-state index is 0.420. The first-order valence-electron chi connectivity index (χ1n) is 6.38. The zero-order valence-electron chi connectivity index (χ0n) is 10.1. The molecule has 90 valence electrons. The quantitative estimate of drug-likeness (QED) is 0.748. The summed E-state index contributed by atoms with van der Waals surface area (Å²) in [6, 6.07) is 7.35. The number of rotatable bonds is 3. The predicted octanol–water partition coefficient (Wildman–Crippen LogP) is 3.30. The minimum Gasteiger partial charge on any atom is -0.477 e. The molecule has 0 bridgehead atoms. The van der Waals surface area contributed by atoms with Crippen LogP contribution in [-0.2, 0) is 0 Å². The lowest BCUT2D eigenvalue weighted by Crippen LogP contribution is -2.11. The van der Waals surface area contributed by atoms with Crippen molar-refractivity contribution in [1.29, 1.82) is 5.26 Å². The lowest BCUT2D eigenvalue weighted by Gasteiger charge is -2.14. The van der Waals surface area contributed by atoms with Gasteiger partial charge in [0.15, 0.2) is 0 Å². The Balaban J connectivity index is 1.86. The zero-order valence-corrected chi connectivity index (χ0v) is 10.1. The van der Waals surface area contributed by atoms with E-state index in [9.17, 15) is 0 Å². The van der Waals surface area contributed by atoms with Gasteiger partial charge in [0.2, 0.25) is 5.88 Å². The van der Waals surface area contributed by atoms with Crippen molar-refractivity contribution in [2.45, 2.75) is 38.5 Å². The maximum absolute atomic E-state index is 8.75. The molecular formula is C14H18N2O. The van der Waals surface area contributed by atoms with Crippen molar-refractivity contribution in [2.75, 3.05) is 6.61 Å². The van der Waals surface area contributed by atoms with Crippen molar-refractivity contribution in [1.82, 2.24) is 4.98 Å². The number of pyridine rings is 1. The Morgan fingerprint density at radius 3 is 2.71 bits per heavy atom. The van der Waals surface area contributed by atoms with E-state index in [4.69, 9.17) is 10.00 Å². The van der Waals surface area contributed by atoms with E-state index in [1.54, 1.807) is 6.07 Å². The van der Waals surface area contributed by atoms with Crippen LogP contribution >= 0.6 is 0 Å². The fourth-order valence-electron chi connectivity index (χ4n) is 2.29. The minimum absolute atomic E-state index is 0.420. The number of nitrogens with zero attached hydrogens (tertiary/aromatic N) is 2. The first-order chi connectivity index (χ1) is 8.38. The van der Waals surface area contributed by atoms with Crippen LogP contribution in [-0.4, -0.2) is 11.6 Å². The highest BCUT2D eigenvalue weighted by molar-refractivity contribution is 5.24. The summed E-state index contributed by atoms with van der Waals surface area (Å²) in [5.41, 5.74) is 0.420. The van der Waals surface area contributed by atoms with Crippen LogP contribution in [0.2, 0.25) is 0 Å². The lowest BCUT2D eigenvalue weighted by atomic mass is 10.0. The topological polar surface area (TPSA) is 45.9 Å². The van der Waals surface area contributed by atoms with Crippen molar-refractivity contribution in [3.05, 3.63) is 23.9 Å². The number of nitriles is 1. The van der Waals surface area contributed by atoms with Gasteiger partial charge in [-0.3, -0.25) is 0 Å². The van der Waals surface area contributed by atoms with Crippen molar-refractivity contribution in [2.24, 2.45) is 5.92 Å². The molecule has 0 atom stereocenters. The molecule has 0 aromatic carbocycles. The van der Waals surface area contributed by atoms with Gasteiger partial charge in [-0.05, 0) is 24.8 Å². The van der Waals surface area contributed by atoms with Gasteiger partial charge in [0.1, 0.15) is 11.8 Å². The second kappa shape index (κ2) is 6.24. The molecule has 1 fully saturated rings. The average molecular weight is 230 g/mol. The van der Waals surface area contributed by atoms with Crippen LogP contribution in [0, 0.1) is 17.2 Å². The van der Waals surface area contributed by atoms with Crippen LogP contribution in [0.25, 0.3) is 0 Å². The van der Waals surface area contributed by atoms with Crippen LogP contribution in [0.3, 0.4) is 0 Å². The number of hydrogen-bond donors (Lipinski definition) is 0. The molecule has 1 aromatic heterocycles. The van der Waals surface area contributed by atoms with Gasteiger partial charge in [-0.25, -0.2) is 4.98 Å². The first kappa shape index (κ1) is 11.9. The van der Waals surface area contributed by atoms with E-state index in [0.29, 0.717) is 17.5 Å². The molecule has 3 nitrogen and oxygen atoms in total. The Hall–Kier alpha value is -1.56. The molecule has 0 spiro atoms.